The number of allylic oxidation sites excluding steroid dienone is 7. The molecular formula is C70H131NO5. The van der Waals surface area contributed by atoms with Crippen LogP contribution in [0.25, 0.3) is 0 Å². The highest BCUT2D eigenvalue weighted by Gasteiger charge is 2.18. The quantitative estimate of drug-likeness (QED) is 0.0320. The van der Waals surface area contributed by atoms with Crippen molar-refractivity contribution >= 4 is 11.9 Å². The highest BCUT2D eigenvalue weighted by atomic mass is 16.5. The summed E-state index contributed by atoms with van der Waals surface area (Å²) in [4.78, 5) is 24.6. The summed E-state index contributed by atoms with van der Waals surface area (Å²) >= 11 is 0. The van der Waals surface area contributed by atoms with Gasteiger partial charge in [0.25, 0.3) is 0 Å². The van der Waals surface area contributed by atoms with Crippen LogP contribution in [0, 0.1) is 0 Å². The van der Waals surface area contributed by atoms with E-state index in [4.69, 9.17) is 4.74 Å². The van der Waals surface area contributed by atoms with Crippen molar-refractivity contribution in [1.29, 1.82) is 0 Å². The third-order valence-electron chi connectivity index (χ3n) is 15.6. The molecule has 0 aromatic rings. The van der Waals surface area contributed by atoms with Crippen LogP contribution in [0.2, 0.25) is 0 Å². The van der Waals surface area contributed by atoms with Crippen LogP contribution in [0.3, 0.4) is 0 Å². The lowest BCUT2D eigenvalue weighted by atomic mass is 10.0. The van der Waals surface area contributed by atoms with Crippen LogP contribution in [0.5, 0.6) is 0 Å². The summed E-state index contributed by atoms with van der Waals surface area (Å²) in [7, 11) is 0. The molecule has 0 bridgehead atoms. The molecule has 6 heteroatoms. The Labute approximate surface area is 474 Å². The van der Waals surface area contributed by atoms with Crippen LogP contribution in [0.15, 0.2) is 48.6 Å². The molecule has 0 radical (unpaired) electrons. The zero-order valence-corrected chi connectivity index (χ0v) is 51.0. The Bertz CT molecular complexity index is 1270. The van der Waals surface area contributed by atoms with E-state index >= 15 is 0 Å². The van der Waals surface area contributed by atoms with E-state index in [0.717, 1.165) is 64.2 Å². The molecule has 0 fully saturated rings. The fourth-order valence-corrected chi connectivity index (χ4v) is 10.4. The summed E-state index contributed by atoms with van der Waals surface area (Å²) < 4.78 is 5.48. The molecule has 2 unspecified atom stereocenters. The molecule has 0 aromatic carbocycles. The molecule has 0 saturated carbocycles. The molecule has 76 heavy (non-hydrogen) atoms. The second kappa shape index (κ2) is 65.3. The maximum atomic E-state index is 12.5. The SMILES string of the molecule is CCCCCCCC/C=C\CCCCCCCC(=O)OCCCCCCCCCCC/C=C\C/C=C\CCCCCCCCCC(=O)NC(CO)C(O)/C=C/CCCCCCCCCCCCCCCCCCCCC. The number of hydrogen-bond acceptors (Lipinski definition) is 5. The first-order valence-electron chi connectivity index (χ1n) is 33.9. The molecule has 6 nitrogen and oxygen atoms in total. The zero-order valence-electron chi connectivity index (χ0n) is 51.0. The van der Waals surface area contributed by atoms with E-state index in [1.165, 1.54) is 270 Å². The summed E-state index contributed by atoms with van der Waals surface area (Å²) in [6, 6.07) is -0.637. The zero-order chi connectivity index (χ0) is 55.0. The number of hydrogen-bond donors (Lipinski definition) is 3. The molecule has 2 atom stereocenters. The van der Waals surface area contributed by atoms with Crippen molar-refractivity contribution in [2.24, 2.45) is 0 Å². The van der Waals surface area contributed by atoms with Gasteiger partial charge >= 0.3 is 5.97 Å². The topological polar surface area (TPSA) is 95.9 Å². The van der Waals surface area contributed by atoms with Gasteiger partial charge in [-0.15, -0.1) is 0 Å². The molecule has 0 heterocycles. The highest BCUT2D eigenvalue weighted by Crippen LogP contribution is 2.17. The van der Waals surface area contributed by atoms with Gasteiger partial charge in [0, 0.05) is 12.8 Å². The van der Waals surface area contributed by atoms with Gasteiger partial charge in [-0.25, -0.2) is 0 Å². The fourth-order valence-electron chi connectivity index (χ4n) is 10.4. The van der Waals surface area contributed by atoms with Crippen molar-refractivity contribution in [3.05, 3.63) is 48.6 Å². The second-order valence-corrected chi connectivity index (χ2v) is 23.1. The Hall–Kier alpha value is -2.18. The molecule has 1 amide bonds. The van der Waals surface area contributed by atoms with Crippen molar-refractivity contribution in [2.75, 3.05) is 13.2 Å². The largest absolute Gasteiger partial charge is 0.466 e. The van der Waals surface area contributed by atoms with Crippen molar-refractivity contribution in [3.63, 3.8) is 0 Å². The molecule has 0 aliphatic rings. The van der Waals surface area contributed by atoms with E-state index in [-0.39, 0.29) is 18.5 Å². The lowest BCUT2D eigenvalue weighted by molar-refractivity contribution is -0.143. The minimum absolute atomic E-state index is 0.00131. The highest BCUT2D eigenvalue weighted by molar-refractivity contribution is 5.76. The van der Waals surface area contributed by atoms with Crippen LogP contribution in [0.1, 0.15) is 361 Å². The second-order valence-electron chi connectivity index (χ2n) is 23.1. The molecule has 0 aliphatic heterocycles. The van der Waals surface area contributed by atoms with Crippen LogP contribution < -0.4 is 5.32 Å². The summed E-state index contributed by atoms with van der Waals surface area (Å²) in [5.74, 6) is -0.0773. The molecular weight excluding hydrogens is 935 g/mol. The van der Waals surface area contributed by atoms with Crippen LogP contribution in [-0.4, -0.2) is 47.4 Å². The van der Waals surface area contributed by atoms with E-state index in [1.54, 1.807) is 6.08 Å². The van der Waals surface area contributed by atoms with Gasteiger partial charge in [-0.05, 0) is 89.9 Å². The number of rotatable bonds is 63. The van der Waals surface area contributed by atoms with E-state index < -0.39 is 12.1 Å². The molecule has 446 valence electrons. The number of unbranched alkanes of at least 4 members (excludes halogenated alkanes) is 46. The average Bonchev–Trinajstić information content (AvgIpc) is 3.42. The number of esters is 1. The Morgan fingerprint density at radius 1 is 0.368 bits per heavy atom. The van der Waals surface area contributed by atoms with Crippen LogP contribution in [0.4, 0.5) is 0 Å². The maximum Gasteiger partial charge on any atom is 0.305 e. The van der Waals surface area contributed by atoms with Crippen molar-refractivity contribution in [2.45, 2.75) is 373 Å². The third kappa shape index (κ3) is 61.0. The van der Waals surface area contributed by atoms with Gasteiger partial charge in [0.2, 0.25) is 5.91 Å². The van der Waals surface area contributed by atoms with Gasteiger partial charge in [-0.3, -0.25) is 9.59 Å². The van der Waals surface area contributed by atoms with Crippen molar-refractivity contribution in [1.82, 2.24) is 5.32 Å². The summed E-state index contributed by atoms with van der Waals surface area (Å²) in [5, 5.41) is 23.2. The van der Waals surface area contributed by atoms with Gasteiger partial charge in [-0.2, -0.15) is 0 Å². The minimum atomic E-state index is -0.853. The Morgan fingerprint density at radius 2 is 0.658 bits per heavy atom. The molecule has 0 aromatic heterocycles. The number of nitrogens with one attached hydrogen (secondary N) is 1. The smallest absolute Gasteiger partial charge is 0.305 e. The van der Waals surface area contributed by atoms with E-state index in [1.807, 2.05) is 6.08 Å². The Morgan fingerprint density at radius 3 is 1.01 bits per heavy atom. The fraction of sp³-hybridized carbons (Fsp3) is 0.857. The predicted molar refractivity (Wildman–Crippen MR) is 333 cm³/mol. The normalized spacial score (nSPS) is 12.8. The first-order valence-corrected chi connectivity index (χ1v) is 33.9. The standard InChI is InChI=1S/C70H131NO5/c1-3-5-7-9-11-13-15-17-19-20-21-25-28-31-35-38-42-46-50-54-58-62-68(73)67(66-72)71-69(74)63-59-55-51-47-43-39-36-32-29-26-23-22-24-27-30-33-37-41-45-49-53-57-61-65-76-70(75)64-60-56-52-48-44-40-34-18-16-14-12-10-8-6-4-2/h18,22,24,26,29,34,58,62,67-68,72-73H,3-17,19-21,23,25,27-28,30-33,35-57,59-61,63-66H2,1-2H3,(H,71,74)/b24-22-,29-26-,34-18-,62-58+. The Kier molecular flexibility index (Phi) is 63.5. The average molecular weight is 1070 g/mol. The number of carbonyl (C=O) groups excluding carboxylic acids is 2. The van der Waals surface area contributed by atoms with Crippen molar-refractivity contribution in [3.8, 4) is 0 Å². The predicted octanol–water partition coefficient (Wildman–Crippen LogP) is 21.7. The number of aliphatic hydroxyl groups is 2. The minimum Gasteiger partial charge on any atom is -0.466 e. The lowest BCUT2D eigenvalue weighted by Gasteiger charge is -2.20. The number of carbonyl (C=O) groups is 2. The first-order chi connectivity index (χ1) is 37.5. The van der Waals surface area contributed by atoms with Gasteiger partial charge < -0.3 is 20.3 Å². The van der Waals surface area contributed by atoms with E-state index in [9.17, 15) is 19.8 Å². The summed E-state index contributed by atoms with van der Waals surface area (Å²) in [6.45, 7) is 4.91. The summed E-state index contributed by atoms with van der Waals surface area (Å²) in [5.41, 5.74) is 0. The van der Waals surface area contributed by atoms with Gasteiger partial charge in [-0.1, -0.05) is 306 Å². The molecule has 0 rings (SSSR count). The van der Waals surface area contributed by atoms with Crippen LogP contribution >= 0.6 is 0 Å². The van der Waals surface area contributed by atoms with Crippen LogP contribution in [-0.2, 0) is 14.3 Å². The van der Waals surface area contributed by atoms with Gasteiger partial charge in [0.1, 0.15) is 0 Å². The Balaban J connectivity index is 3.48. The maximum absolute atomic E-state index is 12.5. The van der Waals surface area contributed by atoms with Gasteiger partial charge in [0.05, 0.1) is 25.4 Å². The lowest BCUT2D eigenvalue weighted by Crippen LogP contribution is -2.45. The molecule has 0 aliphatic carbocycles. The van der Waals surface area contributed by atoms with E-state index in [2.05, 4.69) is 55.6 Å². The molecule has 3 N–H and O–H groups in total. The molecule has 0 saturated heterocycles. The van der Waals surface area contributed by atoms with Crippen molar-refractivity contribution < 1.29 is 24.5 Å². The number of ether oxygens (including phenoxy) is 1. The number of aliphatic hydroxyl groups excluding tert-OH is 2. The monoisotopic (exact) mass is 1070 g/mol. The number of amides is 1. The third-order valence-corrected chi connectivity index (χ3v) is 15.6. The van der Waals surface area contributed by atoms with E-state index in [0.29, 0.717) is 19.4 Å². The van der Waals surface area contributed by atoms with Gasteiger partial charge in [0.15, 0.2) is 0 Å². The summed E-state index contributed by atoms with van der Waals surface area (Å²) in [6.07, 6.45) is 84.5. The molecule has 0 spiro atoms. The first kappa shape index (κ1) is 73.8.